The van der Waals surface area contributed by atoms with Gasteiger partial charge in [-0.15, -0.1) is 0 Å². The number of nitrogens with zero attached hydrogens (tertiary/aromatic N) is 1. The van der Waals surface area contributed by atoms with E-state index in [4.69, 9.17) is 0 Å². The lowest BCUT2D eigenvalue weighted by Crippen LogP contribution is -2.06. The van der Waals surface area contributed by atoms with Gasteiger partial charge in [0.15, 0.2) is 9.84 Å². The molecule has 0 aliphatic carbocycles. The van der Waals surface area contributed by atoms with Crippen LogP contribution in [0.3, 0.4) is 0 Å². The minimum Gasteiger partial charge on any atom is -0.385 e. The topological polar surface area (TPSA) is 89.3 Å². The van der Waals surface area contributed by atoms with Gasteiger partial charge in [0.05, 0.1) is 4.92 Å². The Labute approximate surface area is 116 Å². The fourth-order valence-electron chi connectivity index (χ4n) is 1.52. The Balaban J connectivity index is 2.96. The molecule has 1 rings (SSSR count). The highest BCUT2D eigenvalue weighted by Gasteiger charge is 2.22. The molecule has 6 nitrogen and oxygen atoms in total. The van der Waals surface area contributed by atoms with E-state index < -0.39 is 20.4 Å². The molecular weight excluding hydrogens is 288 g/mol. The third kappa shape index (κ3) is 4.71. The van der Waals surface area contributed by atoms with Crippen LogP contribution in [0, 0.1) is 10.1 Å². The summed E-state index contributed by atoms with van der Waals surface area (Å²) in [7, 11) is -3.62. The Morgan fingerprint density at radius 2 is 2.11 bits per heavy atom. The second-order valence-corrected chi connectivity index (χ2v) is 6.95. The van der Waals surface area contributed by atoms with E-state index >= 15 is 0 Å². The summed E-state index contributed by atoms with van der Waals surface area (Å²) >= 11 is 1.73. The van der Waals surface area contributed by atoms with Crippen LogP contribution in [0.5, 0.6) is 0 Å². The number of anilines is 1. The van der Waals surface area contributed by atoms with Crippen molar-refractivity contribution >= 4 is 33.0 Å². The first-order chi connectivity index (χ1) is 8.86. The number of hydrogen-bond acceptors (Lipinski definition) is 6. The molecule has 1 aromatic carbocycles. The standard InChI is InChI=1S/C11H16N2O4S2/c1-18-7-3-6-12-9-4-5-10(13(14)15)11(8-9)19(2,16)17/h4-5,8,12H,3,6-7H2,1-2H3. The van der Waals surface area contributed by atoms with Gasteiger partial charge in [0.1, 0.15) is 4.90 Å². The van der Waals surface area contributed by atoms with E-state index in [2.05, 4.69) is 5.32 Å². The molecule has 0 heterocycles. The second kappa shape index (κ2) is 6.76. The zero-order chi connectivity index (χ0) is 14.5. The SMILES string of the molecule is CSCCCNc1ccc([N+](=O)[O-])c(S(C)(=O)=O)c1. The number of sulfone groups is 1. The molecule has 0 fully saturated rings. The van der Waals surface area contributed by atoms with E-state index in [9.17, 15) is 18.5 Å². The maximum atomic E-state index is 11.6. The van der Waals surface area contributed by atoms with Gasteiger partial charge in [0.25, 0.3) is 5.69 Å². The normalized spacial score (nSPS) is 11.3. The summed E-state index contributed by atoms with van der Waals surface area (Å²) in [6.45, 7) is 0.696. The van der Waals surface area contributed by atoms with Gasteiger partial charge in [-0.2, -0.15) is 11.8 Å². The van der Waals surface area contributed by atoms with E-state index in [-0.39, 0.29) is 4.90 Å². The summed E-state index contributed by atoms with van der Waals surface area (Å²) in [4.78, 5) is 9.85. The lowest BCUT2D eigenvalue weighted by atomic mass is 10.3. The quantitative estimate of drug-likeness (QED) is 0.472. The lowest BCUT2D eigenvalue weighted by molar-refractivity contribution is -0.387. The summed E-state index contributed by atoms with van der Waals surface area (Å²) in [5.74, 6) is 0.999. The van der Waals surface area contributed by atoms with E-state index in [0.717, 1.165) is 18.4 Å². The van der Waals surface area contributed by atoms with E-state index in [1.165, 1.54) is 18.2 Å². The van der Waals surface area contributed by atoms with Crippen molar-refractivity contribution in [3.8, 4) is 0 Å². The first-order valence-electron chi connectivity index (χ1n) is 5.57. The van der Waals surface area contributed by atoms with Crippen LogP contribution in [0.25, 0.3) is 0 Å². The molecular formula is C11H16N2O4S2. The monoisotopic (exact) mass is 304 g/mol. The molecule has 0 unspecified atom stereocenters. The molecule has 8 heteroatoms. The fourth-order valence-corrected chi connectivity index (χ4v) is 2.82. The van der Waals surface area contributed by atoms with Crippen LogP contribution >= 0.6 is 11.8 Å². The highest BCUT2D eigenvalue weighted by Crippen LogP contribution is 2.26. The van der Waals surface area contributed by atoms with Gasteiger partial charge in [-0.25, -0.2) is 8.42 Å². The predicted octanol–water partition coefficient (Wildman–Crippen LogP) is 2.16. The van der Waals surface area contributed by atoms with Gasteiger partial charge in [-0.05, 0) is 30.6 Å². The van der Waals surface area contributed by atoms with Gasteiger partial charge >= 0.3 is 0 Å². The average molecular weight is 304 g/mol. The number of nitro groups is 1. The van der Waals surface area contributed by atoms with Crippen molar-refractivity contribution in [1.82, 2.24) is 0 Å². The van der Waals surface area contributed by atoms with Crippen molar-refractivity contribution in [2.75, 3.05) is 30.1 Å². The Hall–Kier alpha value is -1.28. The van der Waals surface area contributed by atoms with Gasteiger partial charge in [-0.1, -0.05) is 0 Å². The van der Waals surface area contributed by atoms with Crippen molar-refractivity contribution < 1.29 is 13.3 Å². The van der Waals surface area contributed by atoms with Gasteiger partial charge in [-0.3, -0.25) is 10.1 Å². The first-order valence-corrected chi connectivity index (χ1v) is 8.86. The van der Waals surface area contributed by atoms with Crippen molar-refractivity contribution in [2.24, 2.45) is 0 Å². The zero-order valence-corrected chi connectivity index (χ0v) is 12.4. The van der Waals surface area contributed by atoms with E-state index in [1.54, 1.807) is 11.8 Å². The Kier molecular flexibility index (Phi) is 5.61. The molecule has 1 N–H and O–H groups in total. The zero-order valence-electron chi connectivity index (χ0n) is 10.8. The highest BCUT2D eigenvalue weighted by atomic mass is 32.2. The minimum atomic E-state index is -3.62. The summed E-state index contributed by atoms with van der Waals surface area (Å²) in [6.07, 6.45) is 3.91. The lowest BCUT2D eigenvalue weighted by Gasteiger charge is -2.08. The van der Waals surface area contributed by atoms with Crippen LogP contribution in [-0.2, 0) is 9.84 Å². The summed E-state index contributed by atoms with van der Waals surface area (Å²) in [5, 5.41) is 13.9. The summed E-state index contributed by atoms with van der Waals surface area (Å²) < 4.78 is 23.1. The Morgan fingerprint density at radius 1 is 1.42 bits per heavy atom. The second-order valence-electron chi connectivity index (χ2n) is 3.98. The summed E-state index contributed by atoms with van der Waals surface area (Å²) in [5.41, 5.74) is 0.185. The van der Waals surface area contributed by atoms with Gasteiger partial charge in [0.2, 0.25) is 0 Å². The molecule has 0 saturated heterocycles. The van der Waals surface area contributed by atoms with Crippen LogP contribution in [0.2, 0.25) is 0 Å². The third-order valence-corrected chi connectivity index (χ3v) is 4.23. The fraction of sp³-hybridized carbons (Fsp3) is 0.455. The molecule has 0 spiro atoms. The van der Waals surface area contributed by atoms with Crippen molar-refractivity contribution in [1.29, 1.82) is 0 Å². The molecule has 0 aliphatic heterocycles. The van der Waals surface area contributed by atoms with Crippen LogP contribution in [-0.4, -0.2) is 38.2 Å². The number of nitrogens with one attached hydrogen (secondary N) is 1. The molecule has 0 radical (unpaired) electrons. The minimum absolute atomic E-state index is 0.257. The number of rotatable bonds is 7. The van der Waals surface area contributed by atoms with Crippen LogP contribution < -0.4 is 5.32 Å². The summed E-state index contributed by atoms with van der Waals surface area (Å²) in [6, 6.07) is 4.05. The van der Waals surface area contributed by atoms with Crippen molar-refractivity contribution in [2.45, 2.75) is 11.3 Å². The smallest absolute Gasteiger partial charge is 0.288 e. The van der Waals surface area contributed by atoms with E-state index in [1.807, 2.05) is 6.26 Å². The van der Waals surface area contributed by atoms with E-state index in [0.29, 0.717) is 12.2 Å². The maximum Gasteiger partial charge on any atom is 0.288 e. The molecule has 0 bridgehead atoms. The third-order valence-electron chi connectivity index (χ3n) is 2.41. The van der Waals surface area contributed by atoms with Gasteiger partial charge < -0.3 is 5.32 Å². The molecule has 0 amide bonds. The van der Waals surface area contributed by atoms with Gasteiger partial charge in [0, 0.05) is 24.6 Å². The molecule has 0 atom stereocenters. The molecule has 1 aromatic rings. The molecule has 106 valence electrons. The highest BCUT2D eigenvalue weighted by molar-refractivity contribution is 7.98. The van der Waals surface area contributed by atoms with Crippen molar-refractivity contribution in [3.05, 3.63) is 28.3 Å². The molecule has 0 aromatic heterocycles. The van der Waals surface area contributed by atoms with Crippen molar-refractivity contribution in [3.63, 3.8) is 0 Å². The molecule has 0 saturated carbocycles. The Bertz CT molecular complexity index is 558. The maximum absolute atomic E-state index is 11.6. The first kappa shape index (κ1) is 15.8. The van der Waals surface area contributed by atoms with Crippen LogP contribution in [0.4, 0.5) is 11.4 Å². The molecule has 19 heavy (non-hydrogen) atoms. The largest absolute Gasteiger partial charge is 0.385 e. The predicted molar refractivity (Wildman–Crippen MR) is 77.7 cm³/mol. The molecule has 0 aliphatic rings. The number of thioether (sulfide) groups is 1. The average Bonchev–Trinajstić information content (AvgIpc) is 2.33. The van der Waals surface area contributed by atoms with Crippen LogP contribution in [0.15, 0.2) is 23.1 Å². The Morgan fingerprint density at radius 3 is 2.63 bits per heavy atom. The number of nitro benzene ring substituents is 1. The van der Waals surface area contributed by atoms with Crippen LogP contribution in [0.1, 0.15) is 6.42 Å². The number of benzene rings is 1. The number of hydrogen-bond donors (Lipinski definition) is 1.